The van der Waals surface area contributed by atoms with Crippen LogP contribution in [0, 0.1) is 6.92 Å². The van der Waals surface area contributed by atoms with E-state index in [0.29, 0.717) is 4.90 Å². The van der Waals surface area contributed by atoms with Gasteiger partial charge in [-0.3, -0.25) is 0 Å². The molecule has 0 bridgehead atoms. The van der Waals surface area contributed by atoms with E-state index in [2.05, 4.69) is 22.0 Å². The molecule has 0 atom stereocenters. The van der Waals surface area contributed by atoms with E-state index in [-0.39, 0.29) is 0 Å². The molecule has 1 aliphatic rings. The minimum atomic E-state index is -3.54. The highest BCUT2D eigenvalue weighted by atomic mass is 79.9. The van der Waals surface area contributed by atoms with Gasteiger partial charge in [-0.25, -0.2) is 12.4 Å². The van der Waals surface area contributed by atoms with Crippen molar-refractivity contribution in [2.75, 3.05) is 0 Å². The van der Waals surface area contributed by atoms with Crippen LogP contribution in [-0.2, 0) is 16.4 Å². The number of fused-ring (bicyclic) bond motifs is 3. The van der Waals surface area contributed by atoms with Crippen LogP contribution < -0.4 is 0 Å². The predicted octanol–water partition coefficient (Wildman–Crippen LogP) is 4.37. The lowest BCUT2D eigenvalue weighted by Crippen LogP contribution is -2.11. The Bertz CT molecular complexity index is 1020. The van der Waals surface area contributed by atoms with Crippen LogP contribution in [-0.4, -0.2) is 12.4 Å². The first-order chi connectivity index (χ1) is 10.9. The Morgan fingerprint density at radius 2 is 1.70 bits per heavy atom. The summed E-state index contributed by atoms with van der Waals surface area (Å²) in [6.45, 7) is 1.94. The van der Waals surface area contributed by atoms with E-state index in [1.54, 1.807) is 24.5 Å². The SMILES string of the molecule is Cc1ccc(S(=O)(=O)n2cc3c(c2)-c2ccc(Br)cc2C3)cc1. The molecular formula is C18H14BrNO2S. The van der Waals surface area contributed by atoms with Crippen LogP contribution in [0.2, 0.25) is 0 Å². The van der Waals surface area contributed by atoms with Gasteiger partial charge in [0, 0.05) is 28.9 Å². The lowest BCUT2D eigenvalue weighted by Gasteiger charge is -2.07. The average molecular weight is 388 g/mol. The third-order valence-electron chi connectivity index (χ3n) is 4.22. The van der Waals surface area contributed by atoms with Gasteiger partial charge in [-0.2, -0.15) is 0 Å². The molecule has 23 heavy (non-hydrogen) atoms. The van der Waals surface area contributed by atoms with E-state index >= 15 is 0 Å². The number of rotatable bonds is 2. The molecule has 4 rings (SSSR count). The van der Waals surface area contributed by atoms with E-state index in [0.717, 1.165) is 33.1 Å². The zero-order chi connectivity index (χ0) is 16.2. The quantitative estimate of drug-likeness (QED) is 0.512. The summed E-state index contributed by atoms with van der Waals surface area (Å²) in [6.07, 6.45) is 4.23. The van der Waals surface area contributed by atoms with Crippen LogP contribution in [0.1, 0.15) is 16.7 Å². The van der Waals surface area contributed by atoms with Crippen molar-refractivity contribution in [3.05, 3.63) is 76.0 Å². The minimum absolute atomic E-state index is 0.313. The summed E-state index contributed by atoms with van der Waals surface area (Å²) in [5.74, 6) is 0. The largest absolute Gasteiger partial charge is 0.267 e. The second-order valence-corrected chi connectivity index (χ2v) is 8.58. The van der Waals surface area contributed by atoms with Crippen molar-refractivity contribution in [2.24, 2.45) is 0 Å². The molecule has 0 saturated carbocycles. The summed E-state index contributed by atoms with van der Waals surface area (Å²) in [7, 11) is -3.54. The van der Waals surface area contributed by atoms with Gasteiger partial charge in [0.1, 0.15) is 0 Å². The van der Waals surface area contributed by atoms with Crippen molar-refractivity contribution in [3.63, 3.8) is 0 Å². The molecule has 0 amide bonds. The third-order valence-corrected chi connectivity index (χ3v) is 6.35. The number of nitrogens with zero attached hydrogens (tertiary/aromatic N) is 1. The maximum absolute atomic E-state index is 12.8. The maximum atomic E-state index is 12.8. The minimum Gasteiger partial charge on any atom is -0.248 e. The van der Waals surface area contributed by atoms with Crippen LogP contribution >= 0.6 is 15.9 Å². The van der Waals surface area contributed by atoms with E-state index in [9.17, 15) is 8.42 Å². The number of halogens is 1. The van der Waals surface area contributed by atoms with E-state index in [1.807, 2.05) is 31.2 Å². The van der Waals surface area contributed by atoms with Crippen molar-refractivity contribution in [3.8, 4) is 11.1 Å². The van der Waals surface area contributed by atoms with Crippen LogP contribution in [0.25, 0.3) is 11.1 Å². The van der Waals surface area contributed by atoms with E-state index < -0.39 is 10.0 Å². The van der Waals surface area contributed by atoms with Gasteiger partial charge in [0.05, 0.1) is 4.90 Å². The summed E-state index contributed by atoms with van der Waals surface area (Å²) in [5.41, 5.74) is 5.43. The van der Waals surface area contributed by atoms with Crippen LogP contribution in [0.5, 0.6) is 0 Å². The second kappa shape index (κ2) is 5.08. The fourth-order valence-electron chi connectivity index (χ4n) is 3.00. The molecule has 0 radical (unpaired) electrons. The lowest BCUT2D eigenvalue weighted by molar-refractivity contribution is 0.587. The summed E-state index contributed by atoms with van der Waals surface area (Å²) in [6, 6.07) is 13.1. The highest BCUT2D eigenvalue weighted by Crippen LogP contribution is 2.39. The number of hydrogen-bond donors (Lipinski definition) is 0. The van der Waals surface area contributed by atoms with Gasteiger partial charge in [0.25, 0.3) is 10.0 Å². The van der Waals surface area contributed by atoms with E-state index in [1.165, 1.54) is 9.54 Å². The third kappa shape index (κ3) is 2.35. The van der Waals surface area contributed by atoms with Crippen molar-refractivity contribution in [1.29, 1.82) is 0 Å². The molecule has 3 nitrogen and oxygen atoms in total. The van der Waals surface area contributed by atoms with Gasteiger partial charge in [-0.1, -0.05) is 39.7 Å². The van der Waals surface area contributed by atoms with Gasteiger partial charge in [-0.05, 0) is 47.9 Å². The molecule has 1 aromatic heterocycles. The standard InChI is InChI=1S/C18H14BrNO2S/c1-12-2-5-16(6-3-12)23(21,22)20-10-14-8-13-9-15(19)4-7-17(13)18(14)11-20/h2-7,9-11H,8H2,1H3. The van der Waals surface area contributed by atoms with Gasteiger partial charge in [0.15, 0.2) is 0 Å². The Morgan fingerprint density at radius 3 is 2.43 bits per heavy atom. The van der Waals surface area contributed by atoms with Crippen molar-refractivity contribution in [1.82, 2.24) is 3.97 Å². The zero-order valence-corrected chi connectivity index (χ0v) is 14.9. The molecule has 2 aromatic carbocycles. The van der Waals surface area contributed by atoms with Crippen molar-refractivity contribution in [2.45, 2.75) is 18.2 Å². The van der Waals surface area contributed by atoms with Crippen LogP contribution in [0.3, 0.4) is 0 Å². The number of aromatic nitrogens is 1. The average Bonchev–Trinajstić information content (AvgIpc) is 3.05. The zero-order valence-electron chi connectivity index (χ0n) is 12.5. The number of aryl methyl sites for hydroxylation is 1. The smallest absolute Gasteiger partial charge is 0.248 e. The van der Waals surface area contributed by atoms with Gasteiger partial charge >= 0.3 is 0 Å². The molecule has 116 valence electrons. The molecule has 0 N–H and O–H groups in total. The molecule has 0 aliphatic heterocycles. The Kier molecular flexibility index (Phi) is 3.25. The Hall–Kier alpha value is -1.85. The molecular weight excluding hydrogens is 374 g/mol. The highest BCUT2D eigenvalue weighted by molar-refractivity contribution is 9.10. The monoisotopic (exact) mass is 387 g/mol. The highest BCUT2D eigenvalue weighted by Gasteiger charge is 2.25. The first-order valence-corrected chi connectivity index (χ1v) is 9.50. The van der Waals surface area contributed by atoms with Crippen molar-refractivity contribution < 1.29 is 8.42 Å². The van der Waals surface area contributed by atoms with Crippen molar-refractivity contribution >= 4 is 26.0 Å². The van der Waals surface area contributed by atoms with Crippen LogP contribution in [0.15, 0.2) is 64.2 Å². The molecule has 0 fully saturated rings. The topological polar surface area (TPSA) is 39.1 Å². The fourth-order valence-corrected chi connectivity index (χ4v) is 4.64. The Labute approximate surface area is 143 Å². The summed E-state index contributed by atoms with van der Waals surface area (Å²) in [5, 5.41) is 0. The summed E-state index contributed by atoms with van der Waals surface area (Å²) >= 11 is 3.48. The molecule has 3 aromatic rings. The molecule has 0 spiro atoms. The number of hydrogen-bond acceptors (Lipinski definition) is 2. The number of benzene rings is 2. The molecule has 5 heteroatoms. The molecule has 0 saturated heterocycles. The van der Waals surface area contributed by atoms with Crippen LogP contribution in [0.4, 0.5) is 0 Å². The summed E-state index contributed by atoms with van der Waals surface area (Å²) < 4.78 is 27.9. The van der Waals surface area contributed by atoms with Gasteiger partial charge < -0.3 is 0 Å². The Morgan fingerprint density at radius 1 is 0.957 bits per heavy atom. The fraction of sp³-hybridized carbons (Fsp3) is 0.111. The predicted molar refractivity (Wildman–Crippen MR) is 94.1 cm³/mol. The first-order valence-electron chi connectivity index (χ1n) is 7.27. The first kappa shape index (κ1) is 14.7. The molecule has 1 aliphatic carbocycles. The molecule has 1 heterocycles. The second-order valence-electron chi connectivity index (χ2n) is 5.82. The summed E-state index contributed by atoms with van der Waals surface area (Å²) in [4.78, 5) is 0.313. The van der Waals surface area contributed by atoms with Gasteiger partial charge in [-0.15, -0.1) is 0 Å². The Balaban J connectivity index is 1.80. The van der Waals surface area contributed by atoms with E-state index in [4.69, 9.17) is 0 Å². The molecule has 0 unspecified atom stereocenters. The normalized spacial score (nSPS) is 13.0. The lowest BCUT2D eigenvalue weighted by atomic mass is 10.1. The maximum Gasteiger partial charge on any atom is 0.267 e. The van der Waals surface area contributed by atoms with Gasteiger partial charge in [0.2, 0.25) is 0 Å².